The summed E-state index contributed by atoms with van der Waals surface area (Å²) < 4.78 is 50.0. The highest BCUT2D eigenvalue weighted by atomic mass is 19.4. The molecule has 0 aliphatic carbocycles. The molecule has 2 aromatic rings. The molecule has 2 rings (SSSR count). The third kappa shape index (κ3) is 3.57. The molecule has 1 unspecified atom stereocenters. The van der Waals surface area contributed by atoms with Crippen molar-refractivity contribution in [2.45, 2.75) is 25.7 Å². The minimum absolute atomic E-state index is 0.329. The largest absolute Gasteiger partial charge is 0.435 e. The molecule has 3 nitrogen and oxygen atoms in total. The second-order valence-electron chi connectivity index (χ2n) is 4.44. The third-order valence-corrected chi connectivity index (χ3v) is 2.88. The molecule has 0 bridgehead atoms. The topological polar surface area (TPSA) is 40.7 Å². The molecular weight excluding hydrogens is 274 g/mol. The highest BCUT2D eigenvalue weighted by molar-refractivity contribution is 5.17. The predicted octanol–water partition coefficient (Wildman–Crippen LogP) is 3.42. The van der Waals surface area contributed by atoms with Crippen LogP contribution in [0.1, 0.15) is 29.9 Å². The molecule has 2 N–H and O–H groups in total. The Bertz CT molecular complexity index is 560. The van der Waals surface area contributed by atoms with Crippen LogP contribution in [0, 0.1) is 5.82 Å². The fourth-order valence-corrected chi connectivity index (χ4v) is 1.69. The minimum Gasteiger partial charge on any atom is -0.305 e. The van der Waals surface area contributed by atoms with Crippen LogP contribution in [-0.2, 0) is 12.7 Å². The summed E-state index contributed by atoms with van der Waals surface area (Å²) in [6.45, 7) is 2.14. The number of benzene rings is 1. The fourth-order valence-electron chi connectivity index (χ4n) is 1.69. The first-order valence-corrected chi connectivity index (χ1v) is 5.96. The molecule has 0 aliphatic heterocycles. The zero-order valence-electron chi connectivity index (χ0n) is 10.6. The van der Waals surface area contributed by atoms with Gasteiger partial charge in [0.1, 0.15) is 5.82 Å². The Kier molecular flexibility index (Phi) is 4.08. The number of hydrogen-bond donors (Lipinski definition) is 2. The molecule has 0 spiro atoms. The van der Waals surface area contributed by atoms with Crippen LogP contribution in [0.5, 0.6) is 0 Å². The third-order valence-electron chi connectivity index (χ3n) is 2.88. The minimum atomic E-state index is -4.45. The number of H-pyrrole nitrogens is 1. The summed E-state index contributed by atoms with van der Waals surface area (Å²) in [6.07, 6.45) is -4.45. The summed E-state index contributed by atoms with van der Waals surface area (Å²) in [6, 6.07) is 6.54. The van der Waals surface area contributed by atoms with Crippen LogP contribution in [0.2, 0.25) is 0 Å². The van der Waals surface area contributed by atoms with Crippen molar-refractivity contribution in [2.75, 3.05) is 0 Å². The van der Waals surface area contributed by atoms with E-state index in [1.165, 1.54) is 12.1 Å². The van der Waals surface area contributed by atoms with Crippen molar-refractivity contribution in [1.82, 2.24) is 15.5 Å². The number of rotatable bonds is 4. The van der Waals surface area contributed by atoms with Crippen LogP contribution in [0.3, 0.4) is 0 Å². The molecule has 0 fully saturated rings. The number of nitrogens with one attached hydrogen (secondary N) is 2. The van der Waals surface area contributed by atoms with Crippen molar-refractivity contribution >= 4 is 0 Å². The number of aromatic nitrogens is 2. The van der Waals surface area contributed by atoms with Gasteiger partial charge in [0.2, 0.25) is 0 Å². The van der Waals surface area contributed by atoms with Crippen molar-refractivity contribution in [2.24, 2.45) is 0 Å². The summed E-state index contributed by atoms with van der Waals surface area (Å²) in [7, 11) is 0. The van der Waals surface area contributed by atoms with Crippen LogP contribution in [0.4, 0.5) is 17.6 Å². The van der Waals surface area contributed by atoms with Gasteiger partial charge in [-0.3, -0.25) is 5.10 Å². The van der Waals surface area contributed by atoms with Gasteiger partial charge in [-0.15, -0.1) is 0 Å². The zero-order valence-corrected chi connectivity index (χ0v) is 10.6. The van der Waals surface area contributed by atoms with E-state index in [2.05, 4.69) is 15.5 Å². The normalized spacial score (nSPS) is 13.4. The van der Waals surface area contributed by atoms with E-state index in [9.17, 15) is 17.6 Å². The molecule has 0 amide bonds. The van der Waals surface area contributed by atoms with Gasteiger partial charge < -0.3 is 5.32 Å². The number of alkyl halides is 3. The molecule has 0 aliphatic rings. The number of halogens is 4. The van der Waals surface area contributed by atoms with E-state index < -0.39 is 11.9 Å². The van der Waals surface area contributed by atoms with E-state index >= 15 is 0 Å². The maximum atomic E-state index is 12.7. The smallest absolute Gasteiger partial charge is 0.305 e. The van der Waals surface area contributed by atoms with E-state index in [0.29, 0.717) is 12.2 Å². The molecule has 0 saturated heterocycles. The first kappa shape index (κ1) is 14.5. The summed E-state index contributed by atoms with van der Waals surface area (Å²) >= 11 is 0. The van der Waals surface area contributed by atoms with E-state index in [1.807, 2.05) is 0 Å². The van der Waals surface area contributed by atoms with Crippen LogP contribution in [-0.4, -0.2) is 10.2 Å². The monoisotopic (exact) mass is 287 g/mol. The van der Waals surface area contributed by atoms with Gasteiger partial charge in [0.25, 0.3) is 0 Å². The van der Waals surface area contributed by atoms with Crippen molar-refractivity contribution < 1.29 is 17.6 Å². The van der Waals surface area contributed by atoms with Gasteiger partial charge in [-0.05, 0) is 30.7 Å². The first-order valence-electron chi connectivity index (χ1n) is 5.96. The molecule has 1 aromatic carbocycles. The molecule has 0 radical (unpaired) electrons. The maximum absolute atomic E-state index is 12.7. The van der Waals surface area contributed by atoms with Gasteiger partial charge >= 0.3 is 6.18 Å². The van der Waals surface area contributed by atoms with Gasteiger partial charge in [0.15, 0.2) is 5.69 Å². The lowest BCUT2D eigenvalue weighted by Crippen LogP contribution is -2.18. The standard InChI is InChI=1S/C13H13F4N3/c1-8(11-6-12(20-19-11)13(15,16)17)18-7-9-2-4-10(14)5-3-9/h2-6,8,18H,7H2,1H3,(H,19,20). The second-order valence-corrected chi connectivity index (χ2v) is 4.44. The van der Waals surface area contributed by atoms with Crippen LogP contribution >= 0.6 is 0 Å². The molecule has 1 atom stereocenters. The Hall–Kier alpha value is -1.89. The molecule has 20 heavy (non-hydrogen) atoms. The predicted molar refractivity (Wildman–Crippen MR) is 65.2 cm³/mol. The Morgan fingerprint density at radius 2 is 1.90 bits per heavy atom. The van der Waals surface area contributed by atoms with Crippen molar-refractivity contribution in [1.29, 1.82) is 0 Å². The fraction of sp³-hybridized carbons (Fsp3) is 0.308. The summed E-state index contributed by atoms with van der Waals surface area (Å²) in [4.78, 5) is 0. The van der Waals surface area contributed by atoms with Crippen molar-refractivity contribution in [3.63, 3.8) is 0 Å². The Morgan fingerprint density at radius 3 is 2.45 bits per heavy atom. The molecule has 7 heteroatoms. The molecule has 1 heterocycles. The Balaban J connectivity index is 1.96. The zero-order chi connectivity index (χ0) is 14.8. The average molecular weight is 287 g/mol. The van der Waals surface area contributed by atoms with Crippen LogP contribution < -0.4 is 5.32 Å². The average Bonchev–Trinajstić information content (AvgIpc) is 2.87. The van der Waals surface area contributed by atoms with Gasteiger partial charge in [-0.2, -0.15) is 18.3 Å². The lowest BCUT2D eigenvalue weighted by molar-refractivity contribution is -0.141. The van der Waals surface area contributed by atoms with Gasteiger partial charge in [0, 0.05) is 12.6 Å². The second kappa shape index (κ2) is 5.62. The molecule has 108 valence electrons. The van der Waals surface area contributed by atoms with Crippen molar-refractivity contribution in [3.05, 3.63) is 53.1 Å². The lowest BCUT2D eigenvalue weighted by Gasteiger charge is -2.11. The van der Waals surface area contributed by atoms with E-state index in [1.54, 1.807) is 19.1 Å². The van der Waals surface area contributed by atoms with Crippen LogP contribution in [0.25, 0.3) is 0 Å². The Morgan fingerprint density at radius 1 is 1.25 bits per heavy atom. The van der Waals surface area contributed by atoms with E-state index in [-0.39, 0.29) is 11.9 Å². The van der Waals surface area contributed by atoms with Gasteiger partial charge in [0.05, 0.1) is 5.69 Å². The van der Waals surface area contributed by atoms with E-state index in [4.69, 9.17) is 0 Å². The highest BCUT2D eigenvalue weighted by Crippen LogP contribution is 2.28. The first-order chi connectivity index (χ1) is 9.36. The summed E-state index contributed by atoms with van der Waals surface area (Å²) in [5.41, 5.74) is 0.246. The van der Waals surface area contributed by atoms with Gasteiger partial charge in [-0.25, -0.2) is 4.39 Å². The number of nitrogens with zero attached hydrogens (tertiary/aromatic N) is 1. The van der Waals surface area contributed by atoms with Crippen molar-refractivity contribution in [3.8, 4) is 0 Å². The number of aromatic amines is 1. The van der Waals surface area contributed by atoms with E-state index in [0.717, 1.165) is 11.6 Å². The van der Waals surface area contributed by atoms with Gasteiger partial charge in [-0.1, -0.05) is 12.1 Å². The quantitative estimate of drug-likeness (QED) is 0.846. The molecule has 0 saturated carbocycles. The van der Waals surface area contributed by atoms with Crippen LogP contribution in [0.15, 0.2) is 30.3 Å². The SMILES string of the molecule is CC(NCc1ccc(F)cc1)c1cc(C(F)(F)F)n[nH]1. The highest BCUT2D eigenvalue weighted by Gasteiger charge is 2.34. The molecule has 1 aromatic heterocycles. The summed E-state index contributed by atoms with van der Waals surface area (Å²) in [5.74, 6) is -0.329. The number of hydrogen-bond acceptors (Lipinski definition) is 2. The lowest BCUT2D eigenvalue weighted by atomic mass is 10.2. The molecular formula is C13H13F4N3. The Labute approximate surface area is 113 Å². The summed E-state index contributed by atoms with van der Waals surface area (Å²) in [5, 5.41) is 8.64. The maximum Gasteiger partial charge on any atom is 0.435 e.